The number of carbonyl (C=O) groups is 1. The number of fused-ring (bicyclic) bond motifs is 1. The number of nitrogen functional groups attached to an aromatic ring is 1. The summed E-state index contributed by atoms with van der Waals surface area (Å²) in [6.45, 7) is 6.14. The zero-order valence-corrected chi connectivity index (χ0v) is 15.1. The van der Waals surface area contributed by atoms with Gasteiger partial charge in [-0.3, -0.25) is 4.79 Å². The fraction of sp³-hybridized carbons (Fsp3) is 0.444. The van der Waals surface area contributed by atoms with Gasteiger partial charge in [-0.15, -0.1) is 11.3 Å². The Morgan fingerprint density at radius 2 is 2.29 bits per heavy atom. The minimum absolute atomic E-state index is 0.0239. The van der Waals surface area contributed by atoms with Gasteiger partial charge in [0.2, 0.25) is 5.91 Å². The number of carbonyl (C=O) groups excluding carboxylic acids is 1. The molecule has 6 heteroatoms. The SMILES string of the molecule is Cc1ccc2c(c1)OC(C)(C)CC2NC(=O)CCc1csc(N)n1. The van der Waals surface area contributed by atoms with Crippen molar-refractivity contribution in [3.05, 3.63) is 40.4 Å². The number of hydrogen-bond donors (Lipinski definition) is 2. The molecule has 24 heavy (non-hydrogen) atoms. The number of hydrogen-bond acceptors (Lipinski definition) is 5. The lowest BCUT2D eigenvalue weighted by atomic mass is 9.89. The molecule has 1 aliphatic heterocycles. The third-order valence-corrected chi connectivity index (χ3v) is 4.86. The second kappa shape index (κ2) is 6.43. The predicted octanol–water partition coefficient (Wildman–Crippen LogP) is 3.38. The van der Waals surface area contributed by atoms with Crippen LogP contribution in [0, 0.1) is 6.92 Å². The van der Waals surface area contributed by atoms with E-state index in [0.717, 1.165) is 29.0 Å². The van der Waals surface area contributed by atoms with Crippen LogP contribution in [0.5, 0.6) is 5.75 Å². The molecule has 1 aliphatic rings. The molecule has 1 aromatic carbocycles. The zero-order valence-electron chi connectivity index (χ0n) is 14.3. The summed E-state index contributed by atoms with van der Waals surface area (Å²) in [6, 6.07) is 6.11. The van der Waals surface area contributed by atoms with Gasteiger partial charge in [0, 0.05) is 23.8 Å². The Morgan fingerprint density at radius 1 is 1.50 bits per heavy atom. The van der Waals surface area contributed by atoms with Crippen molar-refractivity contribution in [2.75, 3.05) is 5.73 Å². The molecule has 2 heterocycles. The summed E-state index contributed by atoms with van der Waals surface area (Å²) in [4.78, 5) is 16.6. The molecule has 1 aromatic heterocycles. The van der Waals surface area contributed by atoms with Crippen molar-refractivity contribution < 1.29 is 9.53 Å². The lowest BCUT2D eigenvalue weighted by Crippen LogP contribution is -2.41. The standard InChI is InChI=1S/C18H23N3O2S/c1-11-4-6-13-14(9-18(2,3)23-15(13)8-11)21-16(22)7-5-12-10-24-17(19)20-12/h4,6,8,10,14H,5,7,9H2,1-3H3,(H2,19,20)(H,21,22). The van der Waals surface area contributed by atoms with Crippen molar-refractivity contribution in [1.82, 2.24) is 10.3 Å². The number of thiazole rings is 1. The minimum atomic E-state index is -0.303. The Morgan fingerprint density at radius 3 is 3.00 bits per heavy atom. The molecule has 3 rings (SSSR count). The minimum Gasteiger partial charge on any atom is -0.487 e. The molecule has 1 unspecified atom stereocenters. The van der Waals surface area contributed by atoms with Crippen molar-refractivity contribution in [3.8, 4) is 5.75 Å². The fourth-order valence-corrected chi connectivity index (χ4v) is 3.63. The largest absolute Gasteiger partial charge is 0.487 e. The lowest BCUT2D eigenvalue weighted by Gasteiger charge is -2.38. The topological polar surface area (TPSA) is 77.2 Å². The average Bonchev–Trinajstić information content (AvgIpc) is 2.89. The van der Waals surface area contributed by atoms with Gasteiger partial charge >= 0.3 is 0 Å². The number of nitrogens with zero attached hydrogens (tertiary/aromatic N) is 1. The van der Waals surface area contributed by atoms with Gasteiger partial charge < -0.3 is 15.8 Å². The Kier molecular flexibility index (Phi) is 4.49. The van der Waals surface area contributed by atoms with Crippen LogP contribution in [0.15, 0.2) is 23.6 Å². The van der Waals surface area contributed by atoms with E-state index >= 15 is 0 Å². The monoisotopic (exact) mass is 345 g/mol. The first-order valence-electron chi connectivity index (χ1n) is 8.11. The van der Waals surface area contributed by atoms with Crippen LogP contribution in [0.25, 0.3) is 0 Å². The summed E-state index contributed by atoms with van der Waals surface area (Å²) in [6.07, 6.45) is 1.76. The van der Waals surface area contributed by atoms with E-state index in [4.69, 9.17) is 10.5 Å². The summed E-state index contributed by atoms with van der Waals surface area (Å²) in [5.41, 5.74) is 8.39. The van der Waals surface area contributed by atoms with Crippen molar-refractivity contribution in [2.45, 2.75) is 51.7 Å². The normalized spacial score (nSPS) is 18.5. The molecular weight excluding hydrogens is 322 g/mol. The zero-order chi connectivity index (χ0) is 17.3. The van der Waals surface area contributed by atoms with E-state index < -0.39 is 0 Å². The molecule has 2 aromatic rings. The summed E-state index contributed by atoms with van der Waals surface area (Å²) < 4.78 is 6.07. The number of nitrogens with one attached hydrogen (secondary N) is 1. The first-order valence-corrected chi connectivity index (χ1v) is 8.99. The fourth-order valence-electron chi connectivity index (χ4n) is 3.03. The van der Waals surface area contributed by atoms with Crippen molar-refractivity contribution >= 4 is 22.4 Å². The highest BCUT2D eigenvalue weighted by atomic mass is 32.1. The smallest absolute Gasteiger partial charge is 0.220 e. The van der Waals surface area contributed by atoms with Gasteiger partial charge in [-0.05, 0) is 38.8 Å². The maximum atomic E-state index is 12.4. The van der Waals surface area contributed by atoms with Crippen molar-refractivity contribution in [3.63, 3.8) is 0 Å². The van der Waals surface area contributed by atoms with E-state index in [9.17, 15) is 4.79 Å². The van der Waals surface area contributed by atoms with E-state index in [-0.39, 0.29) is 17.6 Å². The number of aromatic nitrogens is 1. The summed E-state index contributed by atoms with van der Waals surface area (Å²) in [5, 5.41) is 5.60. The maximum absolute atomic E-state index is 12.4. The maximum Gasteiger partial charge on any atom is 0.220 e. The Balaban J connectivity index is 1.68. The van der Waals surface area contributed by atoms with Crippen molar-refractivity contribution in [2.24, 2.45) is 0 Å². The molecule has 0 saturated heterocycles. The Bertz CT molecular complexity index is 754. The number of benzene rings is 1. The average molecular weight is 345 g/mol. The van der Waals surface area contributed by atoms with Crippen LogP contribution < -0.4 is 15.8 Å². The van der Waals surface area contributed by atoms with Gasteiger partial charge in [0.05, 0.1) is 11.7 Å². The van der Waals surface area contributed by atoms with Crippen LogP contribution >= 0.6 is 11.3 Å². The van der Waals surface area contributed by atoms with Crippen LogP contribution in [0.4, 0.5) is 5.13 Å². The highest BCUT2D eigenvalue weighted by molar-refractivity contribution is 7.13. The molecular formula is C18H23N3O2S. The van der Waals surface area contributed by atoms with Crippen LogP contribution in [0.1, 0.15) is 49.6 Å². The number of nitrogens with two attached hydrogens (primary N) is 1. The van der Waals surface area contributed by atoms with Gasteiger partial charge in [-0.25, -0.2) is 4.98 Å². The first-order chi connectivity index (χ1) is 11.3. The van der Waals surface area contributed by atoms with Crippen LogP contribution in [-0.4, -0.2) is 16.5 Å². The summed E-state index contributed by atoms with van der Waals surface area (Å²) in [7, 11) is 0. The van der Waals surface area contributed by atoms with E-state index in [1.165, 1.54) is 11.3 Å². The van der Waals surface area contributed by atoms with E-state index in [2.05, 4.69) is 30.2 Å². The molecule has 3 N–H and O–H groups in total. The quantitative estimate of drug-likeness (QED) is 0.890. The molecule has 128 valence electrons. The summed E-state index contributed by atoms with van der Waals surface area (Å²) >= 11 is 1.40. The molecule has 0 aliphatic carbocycles. The predicted molar refractivity (Wildman–Crippen MR) is 96.2 cm³/mol. The second-order valence-corrected chi connectivity index (χ2v) is 7.79. The number of rotatable bonds is 4. The Hall–Kier alpha value is -2.08. The van der Waals surface area contributed by atoms with Gasteiger partial charge in [-0.1, -0.05) is 12.1 Å². The number of amides is 1. The first kappa shape index (κ1) is 16.8. The van der Waals surface area contributed by atoms with Gasteiger partial charge in [-0.2, -0.15) is 0 Å². The van der Waals surface area contributed by atoms with Gasteiger partial charge in [0.1, 0.15) is 11.4 Å². The molecule has 0 bridgehead atoms. The Labute approximate surface area is 146 Å². The molecule has 0 fully saturated rings. The van der Waals surface area contributed by atoms with Crippen molar-refractivity contribution in [1.29, 1.82) is 0 Å². The molecule has 1 amide bonds. The van der Waals surface area contributed by atoms with E-state index in [1.54, 1.807) is 0 Å². The molecule has 0 saturated carbocycles. The third-order valence-electron chi connectivity index (χ3n) is 4.14. The summed E-state index contributed by atoms with van der Waals surface area (Å²) in [5.74, 6) is 0.889. The molecule has 5 nitrogen and oxygen atoms in total. The number of aryl methyl sites for hydroxylation is 2. The van der Waals surface area contributed by atoms with Crippen LogP contribution in [0.3, 0.4) is 0 Å². The van der Waals surface area contributed by atoms with Crippen LogP contribution in [0.2, 0.25) is 0 Å². The van der Waals surface area contributed by atoms with Crippen LogP contribution in [-0.2, 0) is 11.2 Å². The highest BCUT2D eigenvalue weighted by Gasteiger charge is 2.34. The number of anilines is 1. The molecule has 0 spiro atoms. The van der Waals surface area contributed by atoms with E-state index in [0.29, 0.717) is 18.0 Å². The third kappa shape index (κ3) is 3.87. The highest BCUT2D eigenvalue weighted by Crippen LogP contribution is 2.39. The lowest BCUT2D eigenvalue weighted by molar-refractivity contribution is -0.122. The molecule has 1 atom stereocenters. The van der Waals surface area contributed by atoms with Gasteiger partial charge in [0.25, 0.3) is 0 Å². The molecule has 0 radical (unpaired) electrons. The second-order valence-electron chi connectivity index (χ2n) is 6.90. The van der Waals surface area contributed by atoms with E-state index in [1.807, 2.05) is 24.4 Å². The number of ether oxygens (including phenoxy) is 1. The van der Waals surface area contributed by atoms with Gasteiger partial charge in [0.15, 0.2) is 5.13 Å².